The summed E-state index contributed by atoms with van der Waals surface area (Å²) in [6.45, 7) is 0. The van der Waals surface area contributed by atoms with Gasteiger partial charge in [0.15, 0.2) is 22.8 Å². The van der Waals surface area contributed by atoms with Gasteiger partial charge in [-0.1, -0.05) is 0 Å². The summed E-state index contributed by atoms with van der Waals surface area (Å²) in [4.78, 5) is 21.0. The number of rotatable bonds is 0. The van der Waals surface area contributed by atoms with E-state index < -0.39 is 5.92 Å². The van der Waals surface area contributed by atoms with E-state index in [0.717, 1.165) is 0 Å². The summed E-state index contributed by atoms with van der Waals surface area (Å²) in [5, 5.41) is 56.0. The predicted octanol–water partition coefficient (Wildman–Crippen LogP) is 1.35. The van der Waals surface area contributed by atoms with E-state index >= 15 is 0 Å². The van der Waals surface area contributed by atoms with Crippen molar-refractivity contribution in [1.82, 2.24) is 19.9 Å². The summed E-state index contributed by atoms with van der Waals surface area (Å²) in [6, 6.07) is 11.0. The van der Waals surface area contributed by atoms with Gasteiger partial charge in [-0.3, -0.25) is 0 Å². The van der Waals surface area contributed by atoms with Gasteiger partial charge in [-0.25, -0.2) is 24.9 Å². The molecule has 2 aromatic heterocycles. The van der Waals surface area contributed by atoms with E-state index in [9.17, 15) is 31.6 Å². The zero-order chi connectivity index (χ0) is 21.4. The second kappa shape index (κ2) is 6.59. The average molecular weight is 385 g/mol. The minimum atomic E-state index is -0.854. The van der Waals surface area contributed by atoms with Crippen LogP contribution in [-0.4, -0.2) is 25.6 Å². The Hall–Kier alpha value is -5.49. The Bertz CT molecular complexity index is 1590. The molecule has 0 aliphatic carbocycles. The molecule has 4 rings (SSSR count). The molecule has 11 heteroatoms. The van der Waals surface area contributed by atoms with Crippen molar-refractivity contribution >= 4 is 33.5 Å². The van der Waals surface area contributed by atoms with Gasteiger partial charge in [0.2, 0.25) is 0 Å². The summed E-state index contributed by atoms with van der Waals surface area (Å²) in [7, 11) is 0. The fourth-order valence-electron chi connectivity index (χ4n) is 3.17. The predicted molar refractivity (Wildman–Crippen MR) is 97.0 cm³/mol. The Morgan fingerprint density at radius 3 is 1.53 bits per heavy atom. The summed E-state index contributed by atoms with van der Waals surface area (Å²) in [6.07, 6.45) is 0.0414. The highest BCUT2D eigenvalue weighted by Crippen LogP contribution is 2.40. The molecule has 1 aliphatic rings. The molecule has 30 heavy (non-hydrogen) atoms. The van der Waals surface area contributed by atoms with Crippen molar-refractivity contribution in [1.29, 1.82) is 31.6 Å². The fraction of sp³-hybridized carbons (Fsp3) is 0.105. The molecule has 0 amide bonds. The first kappa shape index (κ1) is 17.9. The Morgan fingerprint density at radius 1 is 0.600 bits per heavy atom. The maximum atomic E-state index is 9.42. The minimum Gasteiger partial charge on any atom is -0.238 e. The molecule has 1 aliphatic heterocycles. The molecule has 1 unspecified atom stereocenters. The van der Waals surface area contributed by atoms with E-state index in [-0.39, 0.29) is 62.7 Å². The third-order valence-corrected chi connectivity index (χ3v) is 4.48. The van der Waals surface area contributed by atoms with Crippen LogP contribution in [0.1, 0.15) is 28.3 Å². The van der Waals surface area contributed by atoms with Crippen LogP contribution < -0.4 is 0 Å². The van der Waals surface area contributed by atoms with Gasteiger partial charge in [0.05, 0.1) is 17.3 Å². The van der Waals surface area contributed by atoms with E-state index in [0.29, 0.717) is 5.56 Å². The first-order valence-corrected chi connectivity index (χ1v) is 8.17. The number of aliphatic imine (C=N–C) groups is 1. The van der Waals surface area contributed by atoms with Crippen molar-refractivity contribution in [3.05, 3.63) is 28.3 Å². The van der Waals surface area contributed by atoms with Gasteiger partial charge in [0, 0.05) is 5.56 Å². The van der Waals surface area contributed by atoms with Gasteiger partial charge in [0.25, 0.3) is 0 Å². The average Bonchev–Trinajstić information content (AvgIpc) is 2.81. The van der Waals surface area contributed by atoms with Gasteiger partial charge >= 0.3 is 0 Å². The molecule has 0 spiro atoms. The lowest BCUT2D eigenvalue weighted by Gasteiger charge is -2.19. The molecule has 0 bridgehead atoms. The number of hydrogen-bond donors (Lipinski definition) is 0. The standard InChI is InChI=1S/C19H3N11/c20-2-8-1-9-15(26-10(8)3-21)17-19(30-14(7-25)13(6-24)29-17)18-16(9)27-11(4-22)12(5-23)28-18/h8H,1H2. The number of hydrogen-bond acceptors (Lipinski definition) is 11. The van der Waals surface area contributed by atoms with Crippen molar-refractivity contribution in [2.24, 2.45) is 10.9 Å². The smallest absolute Gasteiger partial charge is 0.177 e. The van der Waals surface area contributed by atoms with Crippen molar-refractivity contribution in [2.45, 2.75) is 6.42 Å². The topological polar surface area (TPSA) is 207 Å². The van der Waals surface area contributed by atoms with Crippen LogP contribution in [0.5, 0.6) is 0 Å². The molecule has 134 valence electrons. The summed E-state index contributed by atoms with van der Waals surface area (Å²) in [5.74, 6) is -0.854. The molecule has 1 atom stereocenters. The van der Waals surface area contributed by atoms with E-state index in [4.69, 9.17) is 0 Å². The lowest BCUT2D eigenvalue weighted by Crippen LogP contribution is -2.19. The molecule has 3 aromatic rings. The van der Waals surface area contributed by atoms with Crippen molar-refractivity contribution in [2.75, 3.05) is 0 Å². The molecule has 0 radical (unpaired) electrons. The zero-order valence-electron chi connectivity index (χ0n) is 14.7. The fourth-order valence-corrected chi connectivity index (χ4v) is 3.17. The highest BCUT2D eigenvalue weighted by molar-refractivity contribution is 6.13. The van der Waals surface area contributed by atoms with Crippen molar-refractivity contribution in [3.63, 3.8) is 0 Å². The Kier molecular flexibility index (Phi) is 3.93. The van der Waals surface area contributed by atoms with E-state index in [2.05, 4.69) is 24.9 Å². The highest BCUT2D eigenvalue weighted by atomic mass is 14.9. The van der Waals surface area contributed by atoms with Gasteiger partial charge in [-0.15, -0.1) is 0 Å². The van der Waals surface area contributed by atoms with Crippen molar-refractivity contribution < 1.29 is 0 Å². The van der Waals surface area contributed by atoms with Crippen LogP contribution in [-0.2, 0) is 6.42 Å². The lowest BCUT2D eigenvalue weighted by atomic mass is 9.90. The first-order chi connectivity index (χ1) is 14.6. The van der Waals surface area contributed by atoms with Crippen LogP contribution in [0.3, 0.4) is 0 Å². The van der Waals surface area contributed by atoms with Crippen LogP contribution in [0.4, 0.5) is 5.69 Å². The molecule has 0 saturated heterocycles. The zero-order valence-corrected chi connectivity index (χ0v) is 14.7. The number of fused-ring (bicyclic) bond motifs is 6. The quantitative estimate of drug-likeness (QED) is 0.507. The first-order valence-electron chi connectivity index (χ1n) is 8.17. The SMILES string of the molecule is N#CC1=Nc2c(c3nc(C#N)c(C#N)nc3c3nc(C#N)c(C#N)nc23)CC1C#N. The van der Waals surface area contributed by atoms with E-state index in [1.165, 1.54) is 0 Å². The molecule has 0 fully saturated rings. The Balaban J connectivity index is 2.31. The second-order valence-corrected chi connectivity index (χ2v) is 6.01. The molecular formula is C19H3N11. The third kappa shape index (κ3) is 2.35. The van der Waals surface area contributed by atoms with E-state index in [1.54, 1.807) is 24.3 Å². The summed E-state index contributed by atoms with van der Waals surface area (Å²) >= 11 is 0. The number of nitrogens with zero attached hydrogens (tertiary/aromatic N) is 11. The van der Waals surface area contributed by atoms with Crippen LogP contribution in [0, 0.1) is 73.9 Å². The maximum absolute atomic E-state index is 9.42. The highest BCUT2D eigenvalue weighted by Gasteiger charge is 2.30. The minimum absolute atomic E-state index is 0.0414. The summed E-state index contributed by atoms with van der Waals surface area (Å²) in [5.41, 5.74) is -0.0898. The molecule has 3 heterocycles. The third-order valence-electron chi connectivity index (χ3n) is 4.48. The Labute approximate surface area is 167 Å². The van der Waals surface area contributed by atoms with E-state index in [1.807, 2.05) is 12.1 Å². The monoisotopic (exact) mass is 385 g/mol. The lowest BCUT2D eigenvalue weighted by molar-refractivity contribution is 0.854. The van der Waals surface area contributed by atoms with Crippen LogP contribution in [0.25, 0.3) is 22.1 Å². The van der Waals surface area contributed by atoms with Gasteiger partial charge in [-0.2, -0.15) is 31.6 Å². The van der Waals surface area contributed by atoms with Crippen LogP contribution >= 0.6 is 0 Å². The normalized spacial score (nSPS) is 14.2. The second-order valence-electron chi connectivity index (χ2n) is 6.01. The number of nitriles is 6. The van der Waals surface area contributed by atoms with Gasteiger partial charge in [-0.05, 0) is 6.42 Å². The molecule has 0 saturated carbocycles. The molecular weight excluding hydrogens is 382 g/mol. The molecule has 1 aromatic carbocycles. The number of aromatic nitrogens is 4. The molecule has 11 nitrogen and oxygen atoms in total. The van der Waals surface area contributed by atoms with Crippen LogP contribution in [0.15, 0.2) is 4.99 Å². The van der Waals surface area contributed by atoms with Crippen molar-refractivity contribution in [3.8, 4) is 36.4 Å². The Morgan fingerprint density at radius 2 is 1.07 bits per heavy atom. The van der Waals surface area contributed by atoms with Crippen LogP contribution in [0.2, 0.25) is 0 Å². The maximum Gasteiger partial charge on any atom is 0.177 e. The molecule has 0 N–H and O–H groups in total. The van der Waals surface area contributed by atoms with Gasteiger partial charge in [0.1, 0.15) is 58.5 Å². The van der Waals surface area contributed by atoms with Gasteiger partial charge < -0.3 is 0 Å². The number of benzene rings is 1. The summed E-state index contributed by atoms with van der Waals surface area (Å²) < 4.78 is 0. The largest absolute Gasteiger partial charge is 0.238 e.